The number of carbonyl (C=O) groups is 1. The first kappa shape index (κ1) is 13.8. The Labute approximate surface area is 110 Å². The maximum Gasteiger partial charge on any atom is 0.237 e. The summed E-state index contributed by atoms with van der Waals surface area (Å²) < 4.78 is 0. The number of fused-ring (bicyclic) bond motifs is 1. The Morgan fingerprint density at radius 2 is 2.11 bits per heavy atom. The summed E-state index contributed by atoms with van der Waals surface area (Å²) in [6, 6.07) is 0.568. The summed E-state index contributed by atoms with van der Waals surface area (Å²) in [5, 5.41) is 15.6. The molecule has 0 aromatic carbocycles. The van der Waals surface area contributed by atoms with E-state index >= 15 is 0 Å². The molecule has 5 atom stereocenters. The molecule has 4 nitrogen and oxygen atoms in total. The van der Waals surface area contributed by atoms with Crippen molar-refractivity contribution in [2.24, 2.45) is 11.8 Å². The van der Waals surface area contributed by atoms with Gasteiger partial charge in [-0.25, -0.2) is 0 Å². The summed E-state index contributed by atoms with van der Waals surface area (Å²) in [4.78, 5) is 12.2. The van der Waals surface area contributed by atoms with Crippen LogP contribution in [-0.4, -0.2) is 35.7 Å². The van der Waals surface area contributed by atoms with Gasteiger partial charge >= 0.3 is 0 Å². The summed E-state index contributed by atoms with van der Waals surface area (Å²) in [7, 11) is 0. The molecule has 1 amide bonds. The van der Waals surface area contributed by atoms with Gasteiger partial charge in [0.2, 0.25) is 5.91 Å². The van der Waals surface area contributed by atoms with Crippen LogP contribution in [0.15, 0.2) is 0 Å². The normalized spacial score (nSPS) is 34.7. The van der Waals surface area contributed by atoms with Crippen LogP contribution in [-0.2, 0) is 4.79 Å². The number of carbonyl (C=O) groups excluding carboxylic acids is 1. The third-order valence-electron chi connectivity index (χ3n) is 4.69. The highest BCUT2D eigenvalue weighted by Gasteiger charge is 2.38. The fraction of sp³-hybridized carbons (Fsp3) is 0.929. The zero-order valence-corrected chi connectivity index (χ0v) is 11.5. The zero-order valence-electron chi connectivity index (χ0n) is 11.5. The van der Waals surface area contributed by atoms with Crippen LogP contribution < -0.4 is 10.6 Å². The molecule has 18 heavy (non-hydrogen) atoms. The molecule has 2 fully saturated rings. The fourth-order valence-electron chi connectivity index (χ4n) is 3.15. The number of nitrogens with one attached hydrogen (secondary N) is 2. The van der Waals surface area contributed by atoms with Gasteiger partial charge in [-0.3, -0.25) is 4.79 Å². The summed E-state index contributed by atoms with van der Waals surface area (Å²) >= 11 is 0. The van der Waals surface area contributed by atoms with Gasteiger partial charge in [-0.15, -0.1) is 0 Å². The molecule has 2 rings (SSSR count). The van der Waals surface area contributed by atoms with Crippen LogP contribution in [0.25, 0.3) is 0 Å². The summed E-state index contributed by atoms with van der Waals surface area (Å²) in [5.74, 6) is 0.912. The molecule has 104 valence electrons. The number of hydrogen-bond donors (Lipinski definition) is 3. The predicted molar refractivity (Wildman–Crippen MR) is 71.1 cm³/mol. The summed E-state index contributed by atoms with van der Waals surface area (Å²) in [6.45, 7) is 4.03. The number of hydrogen-bond acceptors (Lipinski definition) is 3. The molecule has 0 radical (unpaired) electrons. The Bertz CT molecular complexity index is 282. The summed E-state index contributed by atoms with van der Waals surface area (Å²) in [6.07, 6.45) is 6.08. The molecule has 0 aromatic heterocycles. The van der Waals surface area contributed by atoms with Crippen molar-refractivity contribution in [3.8, 4) is 0 Å². The maximum absolute atomic E-state index is 12.2. The highest BCUT2D eigenvalue weighted by molar-refractivity contribution is 5.82. The Hall–Kier alpha value is -0.610. The van der Waals surface area contributed by atoms with Gasteiger partial charge in [0.05, 0.1) is 6.04 Å². The van der Waals surface area contributed by atoms with Crippen LogP contribution in [0.2, 0.25) is 0 Å². The van der Waals surface area contributed by atoms with Crippen LogP contribution in [0.3, 0.4) is 0 Å². The van der Waals surface area contributed by atoms with Gasteiger partial charge in [0.25, 0.3) is 0 Å². The largest absolute Gasteiger partial charge is 0.396 e. The van der Waals surface area contributed by atoms with Gasteiger partial charge in [0.15, 0.2) is 0 Å². The Balaban J connectivity index is 1.83. The van der Waals surface area contributed by atoms with Crippen molar-refractivity contribution >= 4 is 5.91 Å². The fourth-order valence-corrected chi connectivity index (χ4v) is 3.15. The molecule has 3 N–H and O–H groups in total. The van der Waals surface area contributed by atoms with Crippen LogP contribution >= 0.6 is 0 Å². The second-order valence-electron chi connectivity index (χ2n) is 6.06. The number of aliphatic hydroxyl groups is 1. The SMILES string of the molecule is CC(CO)C(C)NC(=O)C1CC2CCCCC2N1. The van der Waals surface area contributed by atoms with E-state index in [2.05, 4.69) is 10.6 Å². The van der Waals surface area contributed by atoms with Gasteiger partial charge in [-0.1, -0.05) is 19.8 Å². The topological polar surface area (TPSA) is 61.4 Å². The van der Waals surface area contributed by atoms with E-state index in [0.717, 1.165) is 6.42 Å². The van der Waals surface area contributed by atoms with Gasteiger partial charge in [0.1, 0.15) is 0 Å². The van der Waals surface area contributed by atoms with Crippen molar-refractivity contribution in [3.05, 3.63) is 0 Å². The van der Waals surface area contributed by atoms with E-state index in [-0.39, 0.29) is 30.5 Å². The van der Waals surface area contributed by atoms with Gasteiger partial charge in [0, 0.05) is 18.7 Å². The molecule has 1 saturated heterocycles. The average molecular weight is 254 g/mol. The minimum absolute atomic E-state index is 0.0218. The van der Waals surface area contributed by atoms with E-state index in [4.69, 9.17) is 5.11 Å². The van der Waals surface area contributed by atoms with Crippen LogP contribution in [0, 0.1) is 11.8 Å². The molecule has 2 aliphatic rings. The van der Waals surface area contributed by atoms with Gasteiger partial charge in [-0.2, -0.15) is 0 Å². The highest BCUT2D eigenvalue weighted by Crippen LogP contribution is 2.33. The molecule has 0 bridgehead atoms. The van der Waals surface area contributed by atoms with Gasteiger partial charge < -0.3 is 15.7 Å². The zero-order chi connectivity index (χ0) is 13.1. The molecule has 1 heterocycles. The molecule has 1 saturated carbocycles. The van der Waals surface area contributed by atoms with Crippen molar-refractivity contribution in [2.75, 3.05) is 6.61 Å². The minimum atomic E-state index is -0.0218. The molecular weight excluding hydrogens is 228 g/mol. The first-order valence-electron chi connectivity index (χ1n) is 7.29. The van der Waals surface area contributed by atoms with Crippen LogP contribution in [0.1, 0.15) is 46.0 Å². The average Bonchev–Trinajstić information content (AvgIpc) is 2.81. The number of amides is 1. The molecule has 4 heteroatoms. The van der Waals surface area contributed by atoms with E-state index in [9.17, 15) is 4.79 Å². The standard InChI is InChI=1S/C14H26N2O2/c1-9(8-17)10(2)15-14(18)13-7-11-5-3-4-6-12(11)16-13/h9-13,16-17H,3-8H2,1-2H3,(H,15,18). The van der Waals surface area contributed by atoms with Crippen LogP contribution in [0.4, 0.5) is 0 Å². The van der Waals surface area contributed by atoms with E-state index in [1.807, 2.05) is 13.8 Å². The molecular formula is C14H26N2O2. The predicted octanol–water partition coefficient (Wildman–Crippen LogP) is 1.04. The lowest BCUT2D eigenvalue weighted by Crippen LogP contribution is -2.48. The van der Waals surface area contributed by atoms with E-state index in [1.54, 1.807) is 0 Å². The van der Waals surface area contributed by atoms with E-state index in [1.165, 1.54) is 25.7 Å². The van der Waals surface area contributed by atoms with Crippen molar-refractivity contribution in [2.45, 2.75) is 64.1 Å². The Morgan fingerprint density at radius 3 is 2.78 bits per heavy atom. The molecule has 1 aliphatic carbocycles. The minimum Gasteiger partial charge on any atom is -0.396 e. The molecule has 0 aromatic rings. The van der Waals surface area contributed by atoms with Crippen molar-refractivity contribution in [1.29, 1.82) is 0 Å². The second-order valence-corrected chi connectivity index (χ2v) is 6.06. The lowest BCUT2D eigenvalue weighted by Gasteiger charge is -2.24. The van der Waals surface area contributed by atoms with E-state index in [0.29, 0.717) is 12.0 Å². The van der Waals surface area contributed by atoms with Crippen LogP contribution in [0.5, 0.6) is 0 Å². The maximum atomic E-state index is 12.2. The first-order valence-corrected chi connectivity index (χ1v) is 7.29. The number of rotatable bonds is 4. The molecule has 1 aliphatic heterocycles. The second kappa shape index (κ2) is 6.02. The monoisotopic (exact) mass is 254 g/mol. The Morgan fingerprint density at radius 1 is 1.39 bits per heavy atom. The lowest BCUT2D eigenvalue weighted by atomic mass is 9.85. The molecule has 0 spiro atoms. The van der Waals surface area contributed by atoms with Gasteiger partial charge in [-0.05, 0) is 38.0 Å². The molecule has 5 unspecified atom stereocenters. The smallest absolute Gasteiger partial charge is 0.237 e. The third kappa shape index (κ3) is 3.04. The van der Waals surface area contributed by atoms with Crippen molar-refractivity contribution in [3.63, 3.8) is 0 Å². The Kier molecular flexibility index (Phi) is 4.62. The number of aliphatic hydroxyl groups excluding tert-OH is 1. The quantitative estimate of drug-likeness (QED) is 0.702. The van der Waals surface area contributed by atoms with Crippen molar-refractivity contribution in [1.82, 2.24) is 10.6 Å². The van der Waals surface area contributed by atoms with E-state index < -0.39 is 0 Å². The summed E-state index contributed by atoms with van der Waals surface area (Å²) in [5.41, 5.74) is 0. The first-order chi connectivity index (χ1) is 8.61. The highest BCUT2D eigenvalue weighted by atomic mass is 16.3. The third-order valence-corrected chi connectivity index (χ3v) is 4.69. The lowest BCUT2D eigenvalue weighted by molar-refractivity contribution is -0.123. The van der Waals surface area contributed by atoms with Crippen molar-refractivity contribution < 1.29 is 9.90 Å².